The van der Waals surface area contributed by atoms with Gasteiger partial charge in [-0.15, -0.1) is 0 Å². The highest BCUT2D eigenvalue weighted by molar-refractivity contribution is 5.57. The smallest absolute Gasteiger partial charge is 0.251 e. The van der Waals surface area contributed by atoms with Gasteiger partial charge in [0.05, 0.1) is 11.7 Å². The molecule has 3 aromatic heterocycles. The lowest BCUT2D eigenvalue weighted by Crippen LogP contribution is -2.28. The third-order valence-corrected chi connectivity index (χ3v) is 4.53. The summed E-state index contributed by atoms with van der Waals surface area (Å²) >= 11 is 0. The van der Waals surface area contributed by atoms with Gasteiger partial charge >= 0.3 is 0 Å². The van der Waals surface area contributed by atoms with Crippen molar-refractivity contribution in [2.24, 2.45) is 0 Å². The number of anilines is 1. The summed E-state index contributed by atoms with van der Waals surface area (Å²) in [5.74, 6) is 1.35. The van der Waals surface area contributed by atoms with Crippen molar-refractivity contribution >= 4 is 5.95 Å². The number of H-pyrrole nitrogens is 1. The van der Waals surface area contributed by atoms with Gasteiger partial charge in [-0.2, -0.15) is 0 Å². The lowest BCUT2D eigenvalue weighted by molar-refractivity contribution is 0.649. The second-order valence-corrected chi connectivity index (χ2v) is 6.55. The molecule has 1 fully saturated rings. The van der Waals surface area contributed by atoms with Gasteiger partial charge in [-0.1, -0.05) is 0 Å². The van der Waals surface area contributed by atoms with Crippen LogP contribution in [-0.2, 0) is 0 Å². The minimum atomic E-state index is -0.157. The van der Waals surface area contributed by atoms with Crippen molar-refractivity contribution in [2.75, 3.05) is 11.4 Å². The number of aryl methyl sites for hydroxylation is 2. The van der Waals surface area contributed by atoms with Gasteiger partial charge in [-0.3, -0.25) is 9.78 Å². The van der Waals surface area contributed by atoms with Gasteiger partial charge in [0, 0.05) is 42.0 Å². The van der Waals surface area contributed by atoms with Crippen LogP contribution in [0.25, 0.3) is 11.3 Å². The predicted molar refractivity (Wildman–Crippen MR) is 98.9 cm³/mol. The molecule has 1 aliphatic heterocycles. The van der Waals surface area contributed by atoms with Gasteiger partial charge in [0.1, 0.15) is 5.82 Å². The lowest BCUT2D eigenvalue weighted by atomic mass is 10.1. The highest BCUT2D eigenvalue weighted by Gasteiger charge is 2.30. The molecule has 1 aliphatic rings. The summed E-state index contributed by atoms with van der Waals surface area (Å²) < 4.78 is 0. The van der Waals surface area contributed by atoms with Crippen LogP contribution in [0.5, 0.6) is 0 Å². The van der Waals surface area contributed by atoms with Crippen LogP contribution in [0.4, 0.5) is 5.95 Å². The summed E-state index contributed by atoms with van der Waals surface area (Å²) in [5, 5.41) is 0. The van der Waals surface area contributed by atoms with Gasteiger partial charge in [0.2, 0.25) is 5.95 Å². The number of aromatic amines is 1. The van der Waals surface area contributed by atoms with Crippen LogP contribution in [0.3, 0.4) is 0 Å². The maximum atomic E-state index is 12.2. The van der Waals surface area contributed by atoms with E-state index in [2.05, 4.69) is 24.8 Å². The first-order valence-corrected chi connectivity index (χ1v) is 8.71. The summed E-state index contributed by atoms with van der Waals surface area (Å²) in [6.07, 6.45) is 5.30. The number of nitrogens with one attached hydrogen (secondary N) is 1. The van der Waals surface area contributed by atoms with Crippen LogP contribution < -0.4 is 10.5 Å². The van der Waals surface area contributed by atoms with E-state index >= 15 is 0 Å². The summed E-state index contributed by atoms with van der Waals surface area (Å²) in [7, 11) is 0. The van der Waals surface area contributed by atoms with E-state index in [0.717, 1.165) is 36.3 Å². The molecule has 26 heavy (non-hydrogen) atoms. The number of pyridine rings is 1. The topological polar surface area (TPSA) is 87.7 Å². The molecule has 0 bridgehead atoms. The van der Waals surface area contributed by atoms with Crippen LogP contribution in [0.15, 0.2) is 41.5 Å². The fourth-order valence-electron chi connectivity index (χ4n) is 3.43. The minimum Gasteiger partial charge on any atom is -0.331 e. The van der Waals surface area contributed by atoms with Crippen molar-refractivity contribution in [3.63, 3.8) is 0 Å². The molecule has 0 radical (unpaired) electrons. The van der Waals surface area contributed by atoms with Crippen molar-refractivity contribution in [3.8, 4) is 11.3 Å². The molecule has 7 heteroatoms. The zero-order valence-electron chi connectivity index (χ0n) is 14.8. The predicted octanol–water partition coefficient (Wildman–Crippen LogP) is 2.58. The van der Waals surface area contributed by atoms with Crippen LogP contribution in [0.1, 0.15) is 36.1 Å². The minimum absolute atomic E-state index is 0.0364. The number of hydrogen-bond acceptors (Lipinski definition) is 6. The highest BCUT2D eigenvalue weighted by Crippen LogP contribution is 2.33. The summed E-state index contributed by atoms with van der Waals surface area (Å²) in [5.41, 5.74) is 3.24. The average Bonchev–Trinajstić information content (AvgIpc) is 3.11. The van der Waals surface area contributed by atoms with E-state index in [1.165, 1.54) is 6.07 Å². The molecule has 1 N–H and O–H groups in total. The van der Waals surface area contributed by atoms with E-state index < -0.39 is 0 Å². The third-order valence-electron chi connectivity index (χ3n) is 4.53. The van der Waals surface area contributed by atoms with E-state index in [0.29, 0.717) is 17.5 Å². The SMILES string of the molecule is Cc1cc(C)nc(N2CCCC2c2nc(-c3ccncc3)cc(=O)[nH]2)n1. The van der Waals surface area contributed by atoms with Gasteiger partial charge < -0.3 is 9.88 Å². The number of nitrogens with zero attached hydrogens (tertiary/aromatic N) is 5. The molecule has 3 aromatic rings. The Bertz CT molecular complexity index is 965. The van der Waals surface area contributed by atoms with Crippen LogP contribution in [0, 0.1) is 13.8 Å². The lowest BCUT2D eigenvalue weighted by Gasteiger charge is -2.24. The standard InChI is InChI=1S/C19H20N6O/c1-12-10-13(2)22-19(21-12)25-9-3-4-16(25)18-23-15(11-17(26)24-18)14-5-7-20-8-6-14/h5-8,10-11,16H,3-4,9H2,1-2H3,(H,23,24,26). The van der Waals surface area contributed by atoms with E-state index in [9.17, 15) is 4.79 Å². The first-order chi connectivity index (χ1) is 12.6. The molecule has 0 aromatic carbocycles. The van der Waals surface area contributed by atoms with Crippen molar-refractivity contribution < 1.29 is 0 Å². The number of rotatable bonds is 3. The number of hydrogen-bond donors (Lipinski definition) is 1. The molecule has 4 rings (SSSR count). The van der Waals surface area contributed by atoms with Crippen molar-refractivity contribution in [1.29, 1.82) is 0 Å². The maximum Gasteiger partial charge on any atom is 0.251 e. The molecule has 1 saturated heterocycles. The van der Waals surface area contributed by atoms with Crippen molar-refractivity contribution in [3.05, 3.63) is 64.2 Å². The second kappa shape index (κ2) is 6.67. The Morgan fingerprint density at radius 3 is 2.54 bits per heavy atom. The largest absolute Gasteiger partial charge is 0.331 e. The maximum absolute atomic E-state index is 12.2. The third kappa shape index (κ3) is 3.20. The van der Waals surface area contributed by atoms with E-state index in [4.69, 9.17) is 4.98 Å². The van der Waals surface area contributed by atoms with Gasteiger partial charge in [-0.25, -0.2) is 15.0 Å². The Hall–Kier alpha value is -3.09. The molecule has 1 atom stereocenters. The Morgan fingerprint density at radius 1 is 1.08 bits per heavy atom. The first-order valence-electron chi connectivity index (χ1n) is 8.71. The van der Waals surface area contributed by atoms with E-state index in [1.54, 1.807) is 12.4 Å². The molecule has 1 unspecified atom stereocenters. The molecule has 0 saturated carbocycles. The fourth-order valence-corrected chi connectivity index (χ4v) is 3.43. The van der Waals surface area contributed by atoms with Crippen LogP contribution in [-0.4, -0.2) is 31.5 Å². The van der Waals surface area contributed by atoms with Crippen molar-refractivity contribution in [2.45, 2.75) is 32.7 Å². The van der Waals surface area contributed by atoms with Crippen LogP contribution in [0.2, 0.25) is 0 Å². The molecular weight excluding hydrogens is 328 g/mol. The van der Waals surface area contributed by atoms with Gasteiger partial charge in [0.15, 0.2) is 0 Å². The molecule has 132 valence electrons. The second-order valence-electron chi connectivity index (χ2n) is 6.55. The number of aromatic nitrogens is 5. The van der Waals surface area contributed by atoms with E-state index in [-0.39, 0.29) is 11.6 Å². The Labute approximate surface area is 151 Å². The molecule has 0 amide bonds. The average molecular weight is 348 g/mol. The van der Waals surface area contributed by atoms with Crippen molar-refractivity contribution in [1.82, 2.24) is 24.9 Å². The van der Waals surface area contributed by atoms with Gasteiger partial charge in [-0.05, 0) is 44.9 Å². The summed E-state index contributed by atoms with van der Waals surface area (Å²) in [6.45, 7) is 4.78. The zero-order valence-corrected chi connectivity index (χ0v) is 14.8. The Morgan fingerprint density at radius 2 is 1.81 bits per heavy atom. The monoisotopic (exact) mass is 348 g/mol. The zero-order chi connectivity index (χ0) is 18.1. The highest BCUT2D eigenvalue weighted by atomic mass is 16.1. The Kier molecular flexibility index (Phi) is 4.20. The van der Waals surface area contributed by atoms with Crippen LogP contribution >= 0.6 is 0 Å². The van der Waals surface area contributed by atoms with Gasteiger partial charge in [0.25, 0.3) is 5.56 Å². The Balaban J connectivity index is 1.74. The normalized spacial score (nSPS) is 16.8. The fraction of sp³-hybridized carbons (Fsp3) is 0.316. The molecular formula is C19H20N6O. The first kappa shape index (κ1) is 16.4. The van der Waals surface area contributed by atoms with E-state index in [1.807, 2.05) is 32.0 Å². The molecule has 0 aliphatic carbocycles. The summed E-state index contributed by atoms with van der Waals surface area (Å²) in [4.78, 5) is 35.2. The quantitative estimate of drug-likeness (QED) is 0.783. The molecule has 7 nitrogen and oxygen atoms in total. The summed E-state index contributed by atoms with van der Waals surface area (Å²) in [6, 6.07) is 7.14. The molecule has 4 heterocycles. The molecule has 0 spiro atoms.